The summed E-state index contributed by atoms with van der Waals surface area (Å²) >= 11 is 2.96. The van der Waals surface area contributed by atoms with Crippen molar-refractivity contribution < 1.29 is 0 Å². The molecule has 2 rings (SSSR count). The van der Waals surface area contributed by atoms with Crippen molar-refractivity contribution in [1.29, 1.82) is 5.41 Å². The summed E-state index contributed by atoms with van der Waals surface area (Å²) in [5.41, 5.74) is 6.53. The first-order valence-electron chi connectivity index (χ1n) is 4.26. The maximum atomic E-state index is 7.15. The van der Waals surface area contributed by atoms with Crippen LogP contribution in [0, 0.1) is 5.41 Å². The van der Waals surface area contributed by atoms with E-state index in [2.05, 4.69) is 4.98 Å². The molecule has 0 fully saturated rings. The Hall–Kier alpha value is -0.550. The summed E-state index contributed by atoms with van der Waals surface area (Å²) in [5.74, 6) is 0. The van der Waals surface area contributed by atoms with Crippen LogP contribution in [0.2, 0.25) is 0 Å². The van der Waals surface area contributed by atoms with E-state index in [4.69, 9.17) is 11.1 Å². The first kappa shape index (κ1) is 9.02. The number of nitrogens with zero attached hydrogens (tertiary/aromatic N) is 1. The third-order valence-electron chi connectivity index (χ3n) is 2.02. The third kappa shape index (κ3) is 2.03. The van der Waals surface area contributed by atoms with Crippen molar-refractivity contribution >= 4 is 28.3 Å². The van der Waals surface area contributed by atoms with Crippen LogP contribution in [0.25, 0.3) is 0 Å². The number of thioether (sulfide) groups is 1. The molecule has 1 aliphatic carbocycles. The third-order valence-corrected chi connectivity index (χ3v) is 3.96. The van der Waals surface area contributed by atoms with Crippen LogP contribution >= 0.6 is 23.1 Å². The lowest BCUT2D eigenvalue weighted by Gasteiger charge is -2.06. The summed E-state index contributed by atoms with van der Waals surface area (Å²) in [6.07, 6.45) is 4.79. The lowest BCUT2D eigenvalue weighted by atomic mass is 10.0. The van der Waals surface area contributed by atoms with Crippen molar-refractivity contribution in [3.8, 4) is 0 Å². The second kappa shape index (κ2) is 3.67. The van der Waals surface area contributed by atoms with Crippen molar-refractivity contribution in [2.75, 3.05) is 0 Å². The zero-order chi connectivity index (χ0) is 9.26. The molecule has 3 nitrogen and oxygen atoms in total. The van der Waals surface area contributed by atoms with Crippen LogP contribution in [0.5, 0.6) is 0 Å². The molecule has 0 saturated carbocycles. The largest absolute Gasteiger partial charge is 0.378 e. The predicted molar refractivity (Wildman–Crippen MR) is 56.5 cm³/mol. The van der Waals surface area contributed by atoms with Gasteiger partial charge in [0.15, 0.2) is 9.51 Å². The lowest BCUT2D eigenvalue weighted by molar-refractivity contribution is 0.680. The van der Waals surface area contributed by atoms with Gasteiger partial charge in [-0.05, 0) is 37.4 Å². The normalized spacial score (nSPS) is 15.4. The van der Waals surface area contributed by atoms with E-state index in [1.165, 1.54) is 35.2 Å². The second-order valence-electron chi connectivity index (χ2n) is 3.02. The molecule has 0 saturated heterocycles. The van der Waals surface area contributed by atoms with E-state index in [0.717, 1.165) is 17.2 Å². The highest BCUT2D eigenvalue weighted by atomic mass is 32.2. The molecule has 5 heteroatoms. The van der Waals surface area contributed by atoms with Crippen molar-refractivity contribution in [2.45, 2.75) is 30.0 Å². The van der Waals surface area contributed by atoms with Crippen molar-refractivity contribution in [2.24, 2.45) is 5.73 Å². The average Bonchev–Trinajstić information content (AvgIpc) is 2.44. The van der Waals surface area contributed by atoms with Gasteiger partial charge in [0.25, 0.3) is 0 Å². The Morgan fingerprint density at radius 2 is 2.23 bits per heavy atom. The number of aromatic nitrogens is 1. The maximum Gasteiger partial charge on any atom is 0.158 e. The van der Waals surface area contributed by atoms with Crippen molar-refractivity contribution in [1.82, 2.24) is 4.98 Å². The van der Waals surface area contributed by atoms with E-state index in [1.807, 2.05) is 0 Å². The molecule has 0 aromatic carbocycles. The van der Waals surface area contributed by atoms with Gasteiger partial charge in [-0.2, -0.15) is 0 Å². The topological polar surface area (TPSA) is 62.8 Å². The van der Waals surface area contributed by atoms with Gasteiger partial charge < -0.3 is 5.73 Å². The number of nitrogens with one attached hydrogen (secondary N) is 1. The standard InChI is InChI=1S/C8H11N3S2/c9-7(10)13-8-11-5-3-1-2-4-6(5)12-8/h1-4H2,(H3,9,10). The zero-order valence-corrected chi connectivity index (χ0v) is 8.80. The Kier molecular flexibility index (Phi) is 2.55. The van der Waals surface area contributed by atoms with E-state index >= 15 is 0 Å². The quantitative estimate of drug-likeness (QED) is 0.426. The minimum absolute atomic E-state index is 0.131. The summed E-state index contributed by atoms with van der Waals surface area (Å²) in [6.45, 7) is 0. The average molecular weight is 213 g/mol. The molecule has 0 unspecified atom stereocenters. The lowest BCUT2D eigenvalue weighted by Crippen LogP contribution is -2.02. The predicted octanol–water partition coefficient (Wildman–Crippen LogP) is 2.01. The highest BCUT2D eigenvalue weighted by Gasteiger charge is 2.15. The molecular formula is C8H11N3S2. The highest BCUT2D eigenvalue weighted by molar-refractivity contribution is 8.14. The number of fused-ring (bicyclic) bond motifs is 1. The molecule has 1 aromatic rings. The Morgan fingerprint density at radius 3 is 2.92 bits per heavy atom. The number of aryl methyl sites for hydroxylation is 2. The second-order valence-corrected chi connectivity index (χ2v) is 5.40. The Labute approximate surface area is 85.3 Å². The molecule has 70 valence electrons. The smallest absolute Gasteiger partial charge is 0.158 e. The van der Waals surface area contributed by atoms with Crippen molar-refractivity contribution in [3.05, 3.63) is 10.6 Å². The fourth-order valence-electron chi connectivity index (χ4n) is 1.47. The van der Waals surface area contributed by atoms with Gasteiger partial charge in [0.1, 0.15) is 0 Å². The minimum Gasteiger partial charge on any atom is -0.378 e. The van der Waals surface area contributed by atoms with Crippen LogP contribution in [0.15, 0.2) is 4.34 Å². The number of hydrogen-bond donors (Lipinski definition) is 2. The van der Waals surface area contributed by atoms with Gasteiger partial charge >= 0.3 is 0 Å². The van der Waals surface area contributed by atoms with Gasteiger partial charge in [0, 0.05) is 4.88 Å². The molecule has 0 radical (unpaired) electrons. The highest BCUT2D eigenvalue weighted by Crippen LogP contribution is 2.31. The van der Waals surface area contributed by atoms with Gasteiger partial charge in [-0.3, -0.25) is 5.41 Å². The minimum atomic E-state index is 0.131. The molecule has 1 aliphatic rings. The van der Waals surface area contributed by atoms with Crippen LogP contribution in [0.3, 0.4) is 0 Å². The van der Waals surface area contributed by atoms with Gasteiger partial charge in [-0.25, -0.2) is 4.98 Å². The maximum absolute atomic E-state index is 7.15. The van der Waals surface area contributed by atoms with E-state index in [1.54, 1.807) is 11.3 Å². The first-order chi connectivity index (χ1) is 6.25. The molecule has 0 atom stereocenters. The van der Waals surface area contributed by atoms with Gasteiger partial charge in [0.05, 0.1) is 5.69 Å². The Bertz CT molecular complexity index is 309. The van der Waals surface area contributed by atoms with Gasteiger partial charge in [-0.1, -0.05) is 0 Å². The van der Waals surface area contributed by atoms with Crippen LogP contribution in [-0.4, -0.2) is 10.2 Å². The van der Waals surface area contributed by atoms with Gasteiger partial charge in [0.2, 0.25) is 0 Å². The molecule has 0 spiro atoms. The number of amidine groups is 1. The number of rotatable bonds is 1. The monoisotopic (exact) mass is 213 g/mol. The number of nitrogens with two attached hydrogens (primary N) is 1. The van der Waals surface area contributed by atoms with E-state index in [9.17, 15) is 0 Å². The van der Waals surface area contributed by atoms with E-state index in [-0.39, 0.29) is 5.17 Å². The summed E-state index contributed by atoms with van der Waals surface area (Å²) in [6, 6.07) is 0. The first-order valence-corrected chi connectivity index (χ1v) is 5.89. The molecular weight excluding hydrogens is 202 g/mol. The molecule has 0 amide bonds. The van der Waals surface area contributed by atoms with Crippen molar-refractivity contribution in [3.63, 3.8) is 0 Å². The molecule has 1 aromatic heterocycles. The summed E-state index contributed by atoms with van der Waals surface area (Å²) in [7, 11) is 0. The molecule has 0 bridgehead atoms. The van der Waals surface area contributed by atoms with Gasteiger partial charge in [-0.15, -0.1) is 11.3 Å². The van der Waals surface area contributed by atoms with Crippen LogP contribution < -0.4 is 5.73 Å². The van der Waals surface area contributed by atoms with E-state index in [0.29, 0.717) is 0 Å². The SMILES string of the molecule is N=C(N)Sc1nc2c(s1)CCCC2. The van der Waals surface area contributed by atoms with Crippen LogP contribution in [0.4, 0.5) is 0 Å². The fraction of sp³-hybridized carbons (Fsp3) is 0.500. The molecule has 0 aliphatic heterocycles. The van der Waals surface area contributed by atoms with Crippen LogP contribution in [-0.2, 0) is 12.8 Å². The molecule has 3 N–H and O–H groups in total. The molecule has 1 heterocycles. The van der Waals surface area contributed by atoms with Crippen LogP contribution in [0.1, 0.15) is 23.4 Å². The summed E-state index contributed by atoms with van der Waals surface area (Å²) in [4.78, 5) is 5.85. The number of thiazole rings is 1. The summed E-state index contributed by atoms with van der Waals surface area (Å²) in [5, 5.41) is 7.28. The van der Waals surface area contributed by atoms with E-state index < -0.39 is 0 Å². The molecule has 13 heavy (non-hydrogen) atoms. The zero-order valence-electron chi connectivity index (χ0n) is 7.17. The summed E-state index contributed by atoms with van der Waals surface area (Å²) < 4.78 is 0.930. The number of hydrogen-bond acceptors (Lipinski definition) is 4. The fourth-order valence-corrected chi connectivity index (χ4v) is 3.43. The Morgan fingerprint density at radius 1 is 1.46 bits per heavy atom. The Balaban J connectivity index is 2.20.